The van der Waals surface area contributed by atoms with E-state index in [2.05, 4.69) is 10.0 Å². The summed E-state index contributed by atoms with van der Waals surface area (Å²) in [6.07, 6.45) is -1.52. The molecule has 1 aromatic rings. The number of amides is 1. The lowest BCUT2D eigenvalue weighted by Crippen LogP contribution is -2.48. The van der Waals surface area contributed by atoms with Crippen molar-refractivity contribution in [2.45, 2.75) is 30.0 Å². The molecule has 0 spiro atoms. The van der Waals surface area contributed by atoms with Gasteiger partial charge in [-0.2, -0.15) is 29.7 Å². The van der Waals surface area contributed by atoms with Gasteiger partial charge in [-0.3, -0.25) is 9.69 Å². The number of carbonyl (C=O) groups excluding carboxylic acids is 1. The lowest BCUT2D eigenvalue weighted by molar-refractivity contribution is -0.143. The number of hydrogen-bond donors (Lipinski definition) is 2. The van der Waals surface area contributed by atoms with Crippen molar-refractivity contribution in [3.63, 3.8) is 0 Å². The predicted molar refractivity (Wildman–Crippen MR) is 107 cm³/mol. The van der Waals surface area contributed by atoms with Gasteiger partial charge in [0.15, 0.2) is 0 Å². The highest BCUT2D eigenvalue weighted by atomic mass is 32.2. The van der Waals surface area contributed by atoms with Crippen LogP contribution in [-0.2, 0) is 14.8 Å². The Hall–Kier alpha value is -1.30. The first-order valence-electron chi connectivity index (χ1n) is 9.24. The smallest absolute Gasteiger partial charge is 0.354 e. The number of likely N-dealkylation sites (tertiary alicyclic amines) is 1. The van der Waals surface area contributed by atoms with E-state index in [-0.39, 0.29) is 23.9 Å². The minimum atomic E-state index is -4.24. The first-order valence-corrected chi connectivity index (χ1v) is 12.1. The molecule has 29 heavy (non-hydrogen) atoms. The summed E-state index contributed by atoms with van der Waals surface area (Å²) < 4.78 is 65.0. The summed E-state index contributed by atoms with van der Waals surface area (Å²) in [5.41, 5.74) is 0. The van der Waals surface area contributed by atoms with E-state index < -0.39 is 34.7 Å². The Morgan fingerprint density at radius 1 is 1.31 bits per heavy atom. The van der Waals surface area contributed by atoms with Crippen molar-refractivity contribution in [2.24, 2.45) is 5.92 Å². The normalized spacial score (nSPS) is 19.2. The van der Waals surface area contributed by atoms with E-state index in [1.54, 1.807) is 18.2 Å². The van der Waals surface area contributed by atoms with E-state index in [0.717, 1.165) is 0 Å². The molecule has 6 nitrogen and oxygen atoms in total. The number of benzene rings is 1. The van der Waals surface area contributed by atoms with Crippen LogP contribution in [0.4, 0.5) is 13.2 Å². The summed E-state index contributed by atoms with van der Waals surface area (Å²) >= 11 is 1.49. The number of thioether (sulfide) groups is 1. The number of halogens is 3. The molecule has 2 unspecified atom stereocenters. The predicted octanol–water partition coefficient (Wildman–Crippen LogP) is 2.09. The standard InChI is InChI=1S/C18H26F3N3O3S2/c1-28-10-8-16(23-29(26,27)15-5-3-2-4-6-15)17(25)22-11-14-7-9-24(12-14)13-18(19,20)21/h2-6,14,16,23H,7-13H2,1H3,(H,22,25). The second-order valence-electron chi connectivity index (χ2n) is 7.02. The number of alkyl halides is 3. The molecular formula is C18H26F3N3O3S2. The monoisotopic (exact) mass is 453 g/mol. The Morgan fingerprint density at radius 2 is 2.00 bits per heavy atom. The minimum Gasteiger partial charge on any atom is -0.354 e. The lowest BCUT2D eigenvalue weighted by atomic mass is 10.1. The maximum absolute atomic E-state index is 12.6. The van der Waals surface area contributed by atoms with Crippen LogP contribution in [0.25, 0.3) is 0 Å². The van der Waals surface area contributed by atoms with E-state index in [1.807, 2.05) is 6.26 Å². The first-order chi connectivity index (χ1) is 13.6. The van der Waals surface area contributed by atoms with Crippen molar-refractivity contribution in [3.8, 4) is 0 Å². The maximum atomic E-state index is 12.6. The highest BCUT2D eigenvalue weighted by molar-refractivity contribution is 7.98. The molecule has 0 bridgehead atoms. The molecule has 0 aromatic heterocycles. The van der Waals surface area contributed by atoms with Gasteiger partial charge in [0.1, 0.15) is 6.04 Å². The second kappa shape index (κ2) is 10.6. The maximum Gasteiger partial charge on any atom is 0.401 e. The number of nitrogens with zero attached hydrogens (tertiary/aromatic N) is 1. The molecule has 1 heterocycles. The molecule has 11 heteroatoms. The summed E-state index contributed by atoms with van der Waals surface area (Å²) in [6, 6.07) is 6.83. The van der Waals surface area contributed by atoms with Crippen LogP contribution >= 0.6 is 11.8 Å². The van der Waals surface area contributed by atoms with Crippen LogP contribution in [0.3, 0.4) is 0 Å². The first kappa shape index (κ1) is 24.0. The third kappa shape index (κ3) is 8.15. The Labute approximate surface area is 173 Å². The second-order valence-corrected chi connectivity index (χ2v) is 9.72. The zero-order valence-corrected chi connectivity index (χ0v) is 17.7. The van der Waals surface area contributed by atoms with Crippen LogP contribution in [-0.4, -0.2) is 69.6 Å². The van der Waals surface area contributed by atoms with Gasteiger partial charge in [-0.1, -0.05) is 18.2 Å². The van der Waals surface area contributed by atoms with Crippen molar-refractivity contribution < 1.29 is 26.4 Å². The highest BCUT2D eigenvalue weighted by Crippen LogP contribution is 2.22. The highest BCUT2D eigenvalue weighted by Gasteiger charge is 2.34. The molecule has 0 saturated carbocycles. The number of rotatable bonds is 10. The van der Waals surface area contributed by atoms with Crippen LogP contribution in [0.15, 0.2) is 35.2 Å². The summed E-state index contributed by atoms with van der Waals surface area (Å²) in [5, 5.41) is 2.71. The van der Waals surface area contributed by atoms with Crippen molar-refractivity contribution >= 4 is 27.7 Å². The number of hydrogen-bond acceptors (Lipinski definition) is 5. The summed E-state index contributed by atoms with van der Waals surface area (Å²) in [5.74, 6) is 0.0270. The van der Waals surface area contributed by atoms with Gasteiger partial charge in [-0.05, 0) is 49.4 Å². The van der Waals surface area contributed by atoms with Crippen molar-refractivity contribution in [1.82, 2.24) is 14.9 Å². The third-order valence-corrected chi connectivity index (χ3v) is 6.75. The zero-order valence-electron chi connectivity index (χ0n) is 16.1. The van der Waals surface area contributed by atoms with Gasteiger partial charge < -0.3 is 5.32 Å². The number of sulfonamides is 1. The molecule has 1 amide bonds. The fraction of sp³-hybridized carbons (Fsp3) is 0.611. The zero-order chi connectivity index (χ0) is 21.5. The van der Waals surface area contributed by atoms with Gasteiger partial charge in [0.2, 0.25) is 15.9 Å². The lowest BCUT2D eigenvalue weighted by Gasteiger charge is -2.20. The minimum absolute atomic E-state index is 0.0699. The topological polar surface area (TPSA) is 78.5 Å². The van der Waals surface area contributed by atoms with E-state index >= 15 is 0 Å². The summed E-state index contributed by atoms with van der Waals surface area (Å²) in [6.45, 7) is -0.151. The number of nitrogens with one attached hydrogen (secondary N) is 2. The SMILES string of the molecule is CSCCC(NS(=O)(=O)c1ccccc1)C(=O)NCC1CCN(CC(F)(F)F)C1. The van der Waals surface area contributed by atoms with Gasteiger partial charge >= 0.3 is 6.18 Å². The van der Waals surface area contributed by atoms with Crippen LogP contribution in [0.1, 0.15) is 12.8 Å². The average Bonchev–Trinajstić information content (AvgIpc) is 3.09. The van der Waals surface area contributed by atoms with Gasteiger partial charge in [0, 0.05) is 13.1 Å². The fourth-order valence-corrected chi connectivity index (χ4v) is 4.90. The van der Waals surface area contributed by atoms with E-state index in [0.29, 0.717) is 25.1 Å². The largest absolute Gasteiger partial charge is 0.401 e. The molecule has 2 atom stereocenters. The molecular weight excluding hydrogens is 427 g/mol. The van der Waals surface area contributed by atoms with Gasteiger partial charge in [-0.15, -0.1) is 0 Å². The average molecular weight is 454 g/mol. The molecule has 0 aliphatic carbocycles. The van der Waals surface area contributed by atoms with E-state index in [9.17, 15) is 26.4 Å². The van der Waals surface area contributed by atoms with Crippen LogP contribution < -0.4 is 10.0 Å². The Bertz CT molecular complexity index is 761. The molecule has 2 N–H and O–H groups in total. The van der Waals surface area contributed by atoms with E-state index in [4.69, 9.17) is 0 Å². The molecule has 0 radical (unpaired) electrons. The molecule has 2 rings (SSSR count). The molecule has 1 fully saturated rings. The Kier molecular flexibility index (Phi) is 8.80. The molecule has 1 aromatic carbocycles. The van der Waals surface area contributed by atoms with Crippen LogP contribution in [0.5, 0.6) is 0 Å². The summed E-state index contributed by atoms with van der Waals surface area (Å²) in [7, 11) is -3.85. The van der Waals surface area contributed by atoms with Crippen LogP contribution in [0.2, 0.25) is 0 Å². The molecule has 164 valence electrons. The van der Waals surface area contributed by atoms with Crippen LogP contribution in [0, 0.1) is 5.92 Å². The van der Waals surface area contributed by atoms with Crippen molar-refractivity contribution in [3.05, 3.63) is 30.3 Å². The van der Waals surface area contributed by atoms with Gasteiger partial charge in [0.05, 0.1) is 11.4 Å². The van der Waals surface area contributed by atoms with Gasteiger partial charge in [0.25, 0.3) is 0 Å². The molecule has 1 aliphatic rings. The third-order valence-electron chi connectivity index (χ3n) is 4.62. The Morgan fingerprint density at radius 3 is 2.62 bits per heavy atom. The van der Waals surface area contributed by atoms with Crippen molar-refractivity contribution in [1.29, 1.82) is 0 Å². The van der Waals surface area contributed by atoms with E-state index in [1.165, 1.54) is 28.8 Å². The molecule has 1 saturated heterocycles. The Balaban J connectivity index is 1.92. The fourth-order valence-electron chi connectivity index (χ4n) is 3.18. The van der Waals surface area contributed by atoms with Crippen molar-refractivity contribution in [2.75, 3.05) is 38.2 Å². The summed E-state index contributed by atoms with van der Waals surface area (Å²) in [4.78, 5) is 14.0. The number of carbonyl (C=O) groups is 1. The molecule has 1 aliphatic heterocycles. The quantitative estimate of drug-likeness (QED) is 0.567. The van der Waals surface area contributed by atoms with Gasteiger partial charge in [-0.25, -0.2) is 8.42 Å².